The number of nitrogens with two attached hydrogens (primary N) is 1. The highest BCUT2D eigenvalue weighted by Crippen LogP contribution is 2.34. The summed E-state index contributed by atoms with van der Waals surface area (Å²) in [6.45, 7) is 0. The fourth-order valence-electron chi connectivity index (χ4n) is 2.20. The van der Waals surface area contributed by atoms with Gasteiger partial charge in [0.15, 0.2) is 17.3 Å². The van der Waals surface area contributed by atoms with Crippen LogP contribution in [-0.2, 0) is 0 Å². The summed E-state index contributed by atoms with van der Waals surface area (Å²) < 4.78 is 5.63. The van der Waals surface area contributed by atoms with E-state index in [4.69, 9.17) is 10.5 Å². The van der Waals surface area contributed by atoms with Crippen molar-refractivity contribution in [3.63, 3.8) is 0 Å². The molecule has 0 saturated carbocycles. The van der Waals surface area contributed by atoms with Crippen LogP contribution in [0.4, 0.5) is 5.69 Å². The van der Waals surface area contributed by atoms with Crippen LogP contribution in [0, 0.1) is 0 Å². The minimum absolute atomic E-state index is 0.182. The van der Waals surface area contributed by atoms with Crippen LogP contribution in [0.5, 0.6) is 17.2 Å². The average molecular weight is 305 g/mol. The lowest BCUT2D eigenvalue weighted by molar-refractivity contribution is 0.103. The maximum atomic E-state index is 12.5. The van der Waals surface area contributed by atoms with Crippen molar-refractivity contribution in [2.75, 3.05) is 5.73 Å². The number of hydrogen-bond donors (Lipinski definition) is 2. The van der Waals surface area contributed by atoms with Gasteiger partial charge in [-0.25, -0.2) is 0 Å². The zero-order chi connectivity index (χ0) is 16.2. The number of benzene rings is 3. The molecule has 3 rings (SSSR count). The second kappa shape index (κ2) is 6.23. The SMILES string of the molecule is Nc1ccc(Oc2cccc(C(=O)c3ccccc3)c2O)cc1. The van der Waals surface area contributed by atoms with Gasteiger partial charge in [-0.15, -0.1) is 0 Å². The lowest BCUT2D eigenvalue weighted by Gasteiger charge is -2.11. The Labute approximate surface area is 133 Å². The third-order valence-electron chi connectivity index (χ3n) is 3.39. The van der Waals surface area contributed by atoms with E-state index in [1.165, 1.54) is 0 Å². The Balaban J connectivity index is 1.92. The summed E-state index contributed by atoms with van der Waals surface area (Å²) >= 11 is 0. The smallest absolute Gasteiger partial charge is 0.196 e. The molecule has 0 saturated heterocycles. The molecule has 0 aliphatic carbocycles. The first-order valence-corrected chi connectivity index (χ1v) is 7.10. The van der Waals surface area contributed by atoms with Gasteiger partial charge in [0, 0.05) is 11.3 Å². The number of nitrogen functional groups attached to an aromatic ring is 1. The largest absolute Gasteiger partial charge is 0.504 e. The van der Waals surface area contributed by atoms with E-state index in [1.54, 1.807) is 66.7 Å². The first-order valence-electron chi connectivity index (χ1n) is 7.10. The molecule has 0 heterocycles. The minimum Gasteiger partial charge on any atom is -0.504 e. The van der Waals surface area contributed by atoms with Crippen LogP contribution in [0.25, 0.3) is 0 Å². The molecule has 0 unspecified atom stereocenters. The number of ether oxygens (including phenoxy) is 1. The molecular weight excluding hydrogens is 290 g/mol. The van der Waals surface area contributed by atoms with Crippen LogP contribution in [0.2, 0.25) is 0 Å². The number of ketones is 1. The second-order valence-corrected chi connectivity index (χ2v) is 5.02. The summed E-state index contributed by atoms with van der Waals surface area (Å²) in [5, 5.41) is 10.4. The minimum atomic E-state index is -0.258. The molecular formula is C19H15NO3. The van der Waals surface area contributed by atoms with E-state index in [1.807, 2.05) is 6.07 Å². The summed E-state index contributed by atoms with van der Waals surface area (Å²) in [6, 6.07) is 20.4. The molecule has 0 atom stereocenters. The van der Waals surface area contributed by atoms with Crippen LogP contribution in [0.3, 0.4) is 0 Å². The van der Waals surface area contributed by atoms with E-state index in [0.717, 1.165) is 0 Å². The predicted octanol–water partition coefficient (Wildman–Crippen LogP) is 4.00. The van der Waals surface area contributed by atoms with E-state index in [0.29, 0.717) is 17.0 Å². The summed E-state index contributed by atoms with van der Waals surface area (Å²) in [7, 11) is 0. The molecule has 3 aromatic rings. The number of phenols is 1. The van der Waals surface area contributed by atoms with Crippen LogP contribution in [-0.4, -0.2) is 10.9 Å². The van der Waals surface area contributed by atoms with Crippen LogP contribution >= 0.6 is 0 Å². The van der Waals surface area contributed by atoms with Gasteiger partial charge < -0.3 is 15.6 Å². The third-order valence-corrected chi connectivity index (χ3v) is 3.39. The number of aromatic hydroxyl groups is 1. The normalized spacial score (nSPS) is 10.3. The monoisotopic (exact) mass is 305 g/mol. The Morgan fingerprint density at radius 3 is 2.26 bits per heavy atom. The fraction of sp³-hybridized carbons (Fsp3) is 0. The maximum absolute atomic E-state index is 12.5. The van der Waals surface area contributed by atoms with Gasteiger partial charge in [0.2, 0.25) is 0 Å². The highest BCUT2D eigenvalue weighted by molar-refractivity contribution is 6.11. The van der Waals surface area contributed by atoms with E-state index in [-0.39, 0.29) is 22.8 Å². The Hall–Kier alpha value is -3.27. The molecule has 0 amide bonds. The average Bonchev–Trinajstić information content (AvgIpc) is 2.59. The highest BCUT2D eigenvalue weighted by Gasteiger charge is 2.17. The fourth-order valence-corrected chi connectivity index (χ4v) is 2.20. The van der Waals surface area contributed by atoms with Gasteiger partial charge >= 0.3 is 0 Å². The first kappa shape index (κ1) is 14.7. The number of rotatable bonds is 4. The lowest BCUT2D eigenvalue weighted by atomic mass is 10.0. The van der Waals surface area contributed by atoms with Crippen molar-refractivity contribution in [3.8, 4) is 17.2 Å². The number of para-hydroxylation sites is 1. The summed E-state index contributed by atoms with van der Waals surface area (Å²) in [4.78, 5) is 12.5. The van der Waals surface area contributed by atoms with Crippen molar-refractivity contribution in [1.82, 2.24) is 0 Å². The number of anilines is 1. The van der Waals surface area contributed by atoms with Crippen molar-refractivity contribution < 1.29 is 14.6 Å². The second-order valence-electron chi connectivity index (χ2n) is 5.02. The van der Waals surface area contributed by atoms with E-state index < -0.39 is 0 Å². The highest BCUT2D eigenvalue weighted by atomic mass is 16.5. The van der Waals surface area contributed by atoms with Gasteiger partial charge in [-0.3, -0.25) is 4.79 Å². The molecule has 3 aromatic carbocycles. The van der Waals surface area contributed by atoms with Crippen molar-refractivity contribution >= 4 is 11.5 Å². The van der Waals surface area contributed by atoms with Gasteiger partial charge in [0.25, 0.3) is 0 Å². The topological polar surface area (TPSA) is 72.5 Å². The summed E-state index contributed by atoms with van der Waals surface area (Å²) in [5.41, 5.74) is 6.95. The molecule has 0 aliphatic rings. The Bertz CT molecular complexity index is 827. The number of carbonyl (C=O) groups is 1. The van der Waals surface area contributed by atoms with Crippen LogP contribution in [0.1, 0.15) is 15.9 Å². The van der Waals surface area contributed by atoms with Crippen molar-refractivity contribution in [3.05, 3.63) is 83.9 Å². The van der Waals surface area contributed by atoms with Crippen molar-refractivity contribution in [2.45, 2.75) is 0 Å². The van der Waals surface area contributed by atoms with Gasteiger partial charge in [-0.1, -0.05) is 36.4 Å². The standard InChI is InChI=1S/C19H15NO3/c20-14-9-11-15(12-10-14)23-17-8-4-7-16(19(17)22)18(21)13-5-2-1-3-6-13/h1-12,22H,20H2. The van der Waals surface area contributed by atoms with Crippen LogP contribution in [0.15, 0.2) is 72.8 Å². The molecule has 0 aromatic heterocycles. The summed E-state index contributed by atoms with van der Waals surface area (Å²) in [6.07, 6.45) is 0. The maximum Gasteiger partial charge on any atom is 0.196 e. The molecule has 0 aliphatic heterocycles. The number of phenolic OH excluding ortho intramolecular Hbond substituents is 1. The molecule has 0 radical (unpaired) electrons. The number of carbonyl (C=O) groups excluding carboxylic acids is 1. The molecule has 0 spiro atoms. The third kappa shape index (κ3) is 3.16. The van der Waals surface area contributed by atoms with Gasteiger partial charge in [0.1, 0.15) is 5.75 Å². The quantitative estimate of drug-likeness (QED) is 0.564. The molecule has 4 heteroatoms. The predicted molar refractivity (Wildman–Crippen MR) is 88.9 cm³/mol. The molecule has 0 fully saturated rings. The molecule has 4 nitrogen and oxygen atoms in total. The Morgan fingerprint density at radius 1 is 0.870 bits per heavy atom. The van der Waals surface area contributed by atoms with Crippen LogP contribution < -0.4 is 10.5 Å². The Kier molecular flexibility index (Phi) is 3.97. The first-order chi connectivity index (χ1) is 11.1. The molecule has 23 heavy (non-hydrogen) atoms. The number of hydrogen-bond acceptors (Lipinski definition) is 4. The van der Waals surface area contributed by atoms with E-state index >= 15 is 0 Å². The van der Waals surface area contributed by atoms with Crippen molar-refractivity contribution in [2.24, 2.45) is 0 Å². The Morgan fingerprint density at radius 2 is 1.57 bits per heavy atom. The zero-order valence-electron chi connectivity index (χ0n) is 12.3. The van der Waals surface area contributed by atoms with Gasteiger partial charge in [-0.2, -0.15) is 0 Å². The van der Waals surface area contributed by atoms with E-state index in [2.05, 4.69) is 0 Å². The van der Waals surface area contributed by atoms with Gasteiger partial charge in [-0.05, 0) is 36.4 Å². The van der Waals surface area contributed by atoms with Gasteiger partial charge in [0.05, 0.1) is 5.56 Å². The lowest BCUT2D eigenvalue weighted by Crippen LogP contribution is -2.02. The molecule has 0 bridgehead atoms. The molecule has 114 valence electrons. The van der Waals surface area contributed by atoms with Crippen molar-refractivity contribution in [1.29, 1.82) is 0 Å². The molecule has 3 N–H and O–H groups in total. The van der Waals surface area contributed by atoms with E-state index in [9.17, 15) is 9.90 Å². The zero-order valence-corrected chi connectivity index (χ0v) is 12.3. The summed E-state index contributed by atoms with van der Waals surface area (Å²) in [5.74, 6) is 0.305.